The Morgan fingerprint density at radius 1 is 1.53 bits per heavy atom. The van der Waals surface area contributed by atoms with E-state index in [1.54, 1.807) is 12.1 Å². The molecular weight excluding hydrogens is 265 g/mol. The predicted octanol–water partition coefficient (Wildman–Crippen LogP) is 4.09. The van der Waals surface area contributed by atoms with E-state index in [4.69, 9.17) is 16.3 Å². The summed E-state index contributed by atoms with van der Waals surface area (Å²) in [6.45, 7) is 0.892. The summed E-state index contributed by atoms with van der Waals surface area (Å²) in [6.07, 6.45) is 5.72. The van der Waals surface area contributed by atoms with Crippen LogP contribution in [-0.2, 0) is 4.74 Å². The van der Waals surface area contributed by atoms with E-state index in [0.717, 1.165) is 32.3 Å². The Balaban J connectivity index is 1.89. The summed E-state index contributed by atoms with van der Waals surface area (Å²) >= 11 is 5.94. The third kappa shape index (κ3) is 4.16. The summed E-state index contributed by atoms with van der Waals surface area (Å²) in [5.74, 6) is -0.194. The maximum absolute atomic E-state index is 13.8. The van der Waals surface area contributed by atoms with Gasteiger partial charge in [0, 0.05) is 23.2 Å². The van der Waals surface area contributed by atoms with E-state index >= 15 is 0 Å². The number of rotatable bonds is 6. The fourth-order valence-electron chi connectivity index (χ4n) is 2.66. The molecule has 1 aliphatic rings. The Kier molecular flexibility index (Phi) is 5.61. The van der Waals surface area contributed by atoms with Gasteiger partial charge in [-0.3, -0.25) is 0 Å². The monoisotopic (exact) mass is 285 g/mol. The molecule has 1 fully saturated rings. The quantitative estimate of drug-likeness (QED) is 0.850. The lowest BCUT2D eigenvalue weighted by Gasteiger charge is -2.18. The molecule has 1 saturated heterocycles. The van der Waals surface area contributed by atoms with Gasteiger partial charge in [0.25, 0.3) is 0 Å². The van der Waals surface area contributed by atoms with Gasteiger partial charge >= 0.3 is 0 Å². The SMILES string of the molecule is CNC(CCCC1CCCO1)c1cc(Cl)ccc1F. The van der Waals surface area contributed by atoms with Gasteiger partial charge in [-0.2, -0.15) is 0 Å². The van der Waals surface area contributed by atoms with E-state index in [1.165, 1.54) is 12.5 Å². The molecule has 0 radical (unpaired) electrons. The lowest BCUT2D eigenvalue weighted by Crippen LogP contribution is -2.18. The van der Waals surface area contributed by atoms with Crippen molar-refractivity contribution in [2.45, 2.75) is 44.2 Å². The summed E-state index contributed by atoms with van der Waals surface area (Å²) in [4.78, 5) is 0. The topological polar surface area (TPSA) is 21.3 Å². The second kappa shape index (κ2) is 7.22. The zero-order valence-electron chi connectivity index (χ0n) is 11.3. The van der Waals surface area contributed by atoms with Gasteiger partial charge < -0.3 is 10.1 Å². The first kappa shape index (κ1) is 14.8. The van der Waals surface area contributed by atoms with E-state index < -0.39 is 0 Å². The van der Waals surface area contributed by atoms with Gasteiger partial charge in [-0.05, 0) is 57.4 Å². The summed E-state index contributed by atoms with van der Waals surface area (Å²) in [6, 6.07) is 4.74. The average molecular weight is 286 g/mol. The molecule has 1 aromatic rings. The predicted molar refractivity (Wildman–Crippen MR) is 76.0 cm³/mol. The summed E-state index contributed by atoms with van der Waals surface area (Å²) in [5, 5.41) is 3.75. The van der Waals surface area contributed by atoms with Gasteiger partial charge in [0.05, 0.1) is 6.10 Å². The van der Waals surface area contributed by atoms with E-state index in [1.807, 2.05) is 7.05 Å². The van der Waals surface area contributed by atoms with Crippen LogP contribution in [0.25, 0.3) is 0 Å². The van der Waals surface area contributed by atoms with Gasteiger partial charge in [0.15, 0.2) is 0 Å². The summed E-state index contributed by atoms with van der Waals surface area (Å²) in [7, 11) is 1.86. The molecule has 106 valence electrons. The maximum Gasteiger partial charge on any atom is 0.128 e. The molecular formula is C15H21ClFNO. The lowest BCUT2D eigenvalue weighted by molar-refractivity contribution is 0.101. The molecule has 1 heterocycles. The first-order valence-corrected chi connectivity index (χ1v) is 7.32. The van der Waals surface area contributed by atoms with Crippen molar-refractivity contribution in [2.75, 3.05) is 13.7 Å². The Morgan fingerprint density at radius 2 is 2.37 bits per heavy atom. The molecule has 0 spiro atoms. The van der Waals surface area contributed by atoms with Crippen LogP contribution in [0, 0.1) is 5.82 Å². The fourth-order valence-corrected chi connectivity index (χ4v) is 2.84. The minimum atomic E-state index is -0.194. The lowest BCUT2D eigenvalue weighted by atomic mass is 9.99. The van der Waals surface area contributed by atoms with Crippen molar-refractivity contribution in [3.63, 3.8) is 0 Å². The van der Waals surface area contributed by atoms with Gasteiger partial charge in [0.2, 0.25) is 0 Å². The molecule has 1 N–H and O–H groups in total. The molecule has 2 unspecified atom stereocenters. The first-order chi connectivity index (χ1) is 9.20. The summed E-state index contributed by atoms with van der Waals surface area (Å²) in [5.41, 5.74) is 0.655. The van der Waals surface area contributed by atoms with Crippen LogP contribution >= 0.6 is 11.6 Å². The zero-order valence-corrected chi connectivity index (χ0v) is 12.0. The molecule has 1 aliphatic heterocycles. The molecule has 0 amide bonds. The molecule has 2 atom stereocenters. The zero-order chi connectivity index (χ0) is 13.7. The number of nitrogens with one attached hydrogen (secondary N) is 1. The van der Waals surface area contributed by atoms with E-state index in [0.29, 0.717) is 16.7 Å². The van der Waals surface area contributed by atoms with Crippen LogP contribution in [0.1, 0.15) is 43.7 Å². The maximum atomic E-state index is 13.8. The van der Waals surface area contributed by atoms with E-state index in [-0.39, 0.29) is 11.9 Å². The van der Waals surface area contributed by atoms with Crippen LogP contribution < -0.4 is 5.32 Å². The van der Waals surface area contributed by atoms with Crippen molar-refractivity contribution in [3.05, 3.63) is 34.6 Å². The molecule has 4 heteroatoms. The van der Waals surface area contributed by atoms with Crippen LogP contribution in [0.15, 0.2) is 18.2 Å². The third-order valence-corrected chi connectivity index (χ3v) is 3.96. The first-order valence-electron chi connectivity index (χ1n) is 6.94. The normalized spacial score (nSPS) is 20.7. The summed E-state index contributed by atoms with van der Waals surface area (Å²) < 4.78 is 19.4. The van der Waals surface area contributed by atoms with E-state index in [2.05, 4.69) is 5.32 Å². The molecule has 1 aromatic carbocycles. The third-order valence-electron chi connectivity index (χ3n) is 3.72. The molecule has 0 aromatic heterocycles. The number of hydrogen-bond acceptors (Lipinski definition) is 2. The number of hydrogen-bond donors (Lipinski definition) is 1. The van der Waals surface area contributed by atoms with Crippen LogP contribution in [0.3, 0.4) is 0 Å². The van der Waals surface area contributed by atoms with Crippen molar-refractivity contribution in [1.82, 2.24) is 5.32 Å². The van der Waals surface area contributed by atoms with Gasteiger partial charge in [-0.25, -0.2) is 4.39 Å². The number of ether oxygens (including phenoxy) is 1. The second-order valence-corrected chi connectivity index (χ2v) is 5.51. The molecule has 2 nitrogen and oxygen atoms in total. The Hall–Kier alpha value is -0.640. The van der Waals surface area contributed by atoms with Crippen LogP contribution in [0.4, 0.5) is 4.39 Å². The van der Waals surface area contributed by atoms with Crippen LogP contribution in [0.5, 0.6) is 0 Å². The minimum Gasteiger partial charge on any atom is -0.378 e. The Labute approximate surface area is 119 Å². The highest BCUT2D eigenvalue weighted by atomic mass is 35.5. The number of benzene rings is 1. The average Bonchev–Trinajstić information content (AvgIpc) is 2.91. The smallest absolute Gasteiger partial charge is 0.128 e. The molecule has 0 aliphatic carbocycles. The minimum absolute atomic E-state index is 0.0140. The molecule has 19 heavy (non-hydrogen) atoms. The standard InChI is InChI=1S/C15H21ClFNO/c1-18-15(6-2-4-12-5-3-9-19-12)13-10-11(16)7-8-14(13)17/h7-8,10,12,15,18H,2-6,9H2,1H3. The number of halogens is 2. The highest BCUT2D eigenvalue weighted by Gasteiger charge is 2.18. The Bertz CT molecular complexity index is 407. The molecule has 0 bridgehead atoms. The molecule has 0 saturated carbocycles. The van der Waals surface area contributed by atoms with Crippen molar-refractivity contribution in [1.29, 1.82) is 0 Å². The van der Waals surface area contributed by atoms with E-state index in [9.17, 15) is 4.39 Å². The van der Waals surface area contributed by atoms with Crippen LogP contribution in [-0.4, -0.2) is 19.8 Å². The highest BCUT2D eigenvalue weighted by molar-refractivity contribution is 6.30. The van der Waals surface area contributed by atoms with Gasteiger partial charge in [-0.15, -0.1) is 0 Å². The van der Waals surface area contributed by atoms with Crippen molar-refractivity contribution >= 4 is 11.6 Å². The van der Waals surface area contributed by atoms with Crippen molar-refractivity contribution in [3.8, 4) is 0 Å². The second-order valence-electron chi connectivity index (χ2n) is 5.07. The van der Waals surface area contributed by atoms with Crippen molar-refractivity contribution < 1.29 is 9.13 Å². The molecule has 2 rings (SSSR count). The van der Waals surface area contributed by atoms with Gasteiger partial charge in [0.1, 0.15) is 5.82 Å². The highest BCUT2D eigenvalue weighted by Crippen LogP contribution is 2.26. The van der Waals surface area contributed by atoms with Gasteiger partial charge in [-0.1, -0.05) is 11.6 Å². The van der Waals surface area contributed by atoms with Crippen molar-refractivity contribution in [2.24, 2.45) is 0 Å². The fraction of sp³-hybridized carbons (Fsp3) is 0.600. The van der Waals surface area contributed by atoms with Crippen LogP contribution in [0.2, 0.25) is 5.02 Å². The largest absolute Gasteiger partial charge is 0.378 e. The Morgan fingerprint density at radius 3 is 3.05 bits per heavy atom.